The maximum atomic E-state index is 10.9. The molecule has 0 amide bonds. The van der Waals surface area contributed by atoms with Gasteiger partial charge in [-0.15, -0.1) is 0 Å². The van der Waals surface area contributed by atoms with Gasteiger partial charge >= 0.3 is 0 Å². The molecule has 1 aliphatic rings. The predicted octanol–water partition coefficient (Wildman–Crippen LogP) is 1.83. The molecule has 0 aliphatic carbocycles. The van der Waals surface area contributed by atoms with E-state index in [1.807, 2.05) is 0 Å². The molecule has 3 heterocycles. The lowest BCUT2D eigenvalue weighted by atomic mass is 10.0. The van der Waals surface area contributed by atoms with Crippen molar-refractivity contribution in [3.63, 3.8) is 0 Å². The Bertz CT molecular complexity index is 900. The first-order valence-corrected chi connectivity index (χ1v) is 8.54. The molecule has 1 aromatic carbocycles. The normalized spacial score (nSPS) is 17.0. The third kappa shape index (κ3) is 2.84. The van der Waals surface area contributed by atoms with Crippen molar-refractivity contribution in [1.29, 1.82) is 0 Å². The lowest BCUT2D eigenvalue weighted by molar-refractivity contribution is -0.384. The number of benzene rings is 1. The SMILES string of the molecule is O=[N+]([O-])c1ccc(C(c2sc3ncnn3c2O)N2CCOCC2)cc1. The van der Waals surface area contributed by atoms with Crippen molar-refractivity contribution in [2.45, 2.75) is 6.04 Å². The summed E-state index contributed by atoms with van der Waals surface area (Å²) in [4.78, 5) is 18.1. The predicted molar refractivity (Wildman–Crippen MR) is 89.9 cm³/mol. The molecule has 130 valence electrons. The fraction of sp³-hybridized carbons (Fsp3) is 0.333. The van der Waals surface area contributed by atoms with Crippen LogP contribution in [-0.4, -0.2) is 55.8 Å². The Balaban J connectivity index is 1.79. The number of nitro groups is 1. The van der Waals surface area contributed by atoms with Gasteiger partial charge in [-0.05, 0) is 5.56 Å². The molecule has 3 aromatic rings. The van der Waals surface area contributed by atoms with E-state index < -0.39 is 4.92 Å². The molecule has 0 bridgehead atoms. The summed E-state index contributed by atoms with van der Waals surface area (Å²) in [6.07, 6.45) is 1.39. The van der Waals surface area contributed by atoms with Crippen LogP contribution in [0.2, 0.25) is 0 Å². The highest BCUT2D eigenvalue weighted by atomic mass is 32.1. The zero-order chi connectivity index (χ0) is 17.4. The second-order valence-electron chi connectivity index (χ2n) is 5.64. The van der Waals surface area contributed by atoms with Gasteiger partial charge < -0.3 is 9.84 Å². The molecule has 25 heavy (non-hydrogen) atoms. The summed E-state index contributed by atoms with van der Waals surface area (Å²) >= 11 is 1.36. The first-order valence-electron chi connectivity index (χ1n) is 7.72. The van der Waals surface area contributed by atoms with Gasteiger partial charge in [0.15, 0.2) is 0 Å². The van der Waals surface area contributed by atoms with Crippen LogP contribution in [-0.2, 0) is 4.74 Å². The summed E-state index contributed by atoms with van der Waals surface area (Å²) in [5.74, 6) is 0.0485. The smallest absolute Gasteiger partial charge is 0.269 e. The molecular formula is C15H15N5O4S. The van der Waals surface area contributed by atoms with Gasteiger partial charge in [-0.3, -0.25) is 15.0 Å². The number of nitrogens with zero attached hydrogens (tertiary/aromatic N) is 5. The van der Waals surface area contributed by atoms with Crippen LogP contribution in [0.5, 0.6) is 5.88 Å². The van der Waals surface area contributed by atoms with E-state index in [0.717, 1.165) is 5.56 Å². The topological polar surface area (TPSA) is 106 Å². The molecule has 1 N–H and O–H groups in total. The summed E-state index contributed by atoms with van der Waals surface area (Å²) in [5, 5.41) is 25.5. The second kappa shape index (κ2) is 6.39. The van der Waals surface area contributed by atoms with Crippen LogP contribution < -0.4 is 0 Å². The van der Waals surface area contributed by atoms with Crippen LogP contribution in [0.1, 0.15) is 16.5 Å². The Morgan fingerprint density at radius 1 is 1.28 bits per heavy atom. The highest BCUT2D eigenvalue weighted by Crippen LogP contribution is 2.40. The third-order valence-corrected chi connectivity index (χ3v) is 5.30. The standard InChI is InChI=1S/C15H15N5O4S/c21-14-13(25-15-16-9-17-19(14)15)12(18-5-7-24-8-6-18)10-1-3-11(4-2-10)20(22)23/h1-4,9,12,21H,5-8H2. The highest BCUT2D eigenvalue weighted by Gasteiger charge is 2.30. The minimum absolute atomic E-state index is 0.0383. The summed E-state index contributed by atoms with van der Waals surface area (Å²) in [5.41, 5.74) is 0.906. The molecule has 0 saturated carbocycles. The molecule has 9 nitrogen and oxygen atoms in total. The van der Waals surface area contributed by atoms with Gasteiger partial charge in [0.25, 0.3) is 5.69 Å². The van der Waals surface area contributed by atoms with E-state index in [1.54, 1.807) is 12.1 Å². The molecule has 10 heteroatoms. The van der Waals surface area contributed by atoms with E-state index in [1.165, 1.54) is 34.3 Å². The van der Waals surface area contributed by atoms with Crippen molar-refractivity contribution in [1.82, 2.24) is 19.5 Å². The van der Waals surface area contributed by atoms with Crippen LogP contribution in [0.4, 0.5) is 5.69 Å². The largest absolute Gasteiger partial charge is 0.492 e. The Hall–Kier alpha value is -2.56. The van der Waals surface area contributed by atoms with E-state index in [9.17, 15) is 15.2 Å². The maximum Gasteiger partial charge on any atom is 0.269 e. The number of rotatable bonds is 4. The van der Waals surface area contributed by atoms with E-state index in [0.29, 0.717) is 36.1 Å². The van der Waals surface area contributed by atoms with Crippen molar-refractivity contribution < 1.29 is 14.8 Å². The number of hydrogen-bond acceptors (Lipinski definition) is 8. The number of non-ortho nitro benzene ring substituents is 1. The minimum Gasteiger partial charge on any atom is -0.492 e. The van der Waals surface area contributed by atoms with Gasteiger partial charge in [0.2, 0.25) is 10.8 Å². The Morgan fingerprint density at radius 2 is 2.00 bits per heavy atom. The average molecular weight is 361 g/mol. The number of aromatic nitrogens is 3. The monoisotopic (exact) mass is 361 g/mol. The average Bonchev–Trinajstić information content (AvgIpc) is 3.21. The second-order valence-corrected chi connectivity index (χ2v) is 6.65. The van der Waals surface area contributed by atoms with Gasteiger partial charge in [0.05, 0.1) is 29.1 Å². The lowest BCUT2D eigenvalue weighted by Crippen LogP contribution is -2.39. The van der Waals surface area contributed by atoms with Crippen LogP contribution in [0.3, 0.4) is 0 Å². The minimum atomic E-state index is -0.422. The number of aromatic hydroxyl groups is 1. The van der Waals surface area contributed by atoms with Crippen molar-refractivity contribution in [2.75, 3.05) is 26.3 Å². The van der Waals surface area contributed by atoms with Gasteiger partial charge in [-0.1, -0.05) is 23.5 Å². The van der Waals surface area contributed by atoms with E-state index >= 15 is 0 Å². The summed E-state index contributed by atoms with van der Waals surface area (Å²) < 4.78 is 6.83. The summed E-state index contributed by atoms with van der Waals surface area (Å²) in [7, 11) is 0. The van der Waals surface area contributed by atoms with Crippen LogP contribution in [0, 0.1) is 10.1 Å². The van der Waals surface area contributed by atoms with Gasteiger partial charge in [0, 0.05) is 25.2 Å². The molecule has 1 atom stereocenters. The Labute approximate surface area is 146 Å². The van der Waals surface area contributed by atoms with Crippen molar-refractivity contribution in [3.8, 4) is 5.88 Å². The quantitative estimate of drug-likeness (QED) is 0.558. The summed E-state index contributed by atoms with van der Waals surface area (Å²) in [6.45, 7) is 2.61. The zero-order valence-corrected chi connectivity index (χ0v) is 13.9. The van der Waals surface area contributed by atoms with Crippen molar-refractivity contribution >= 4 is 22.0 Å². The molecule has 2 aromatic heterocycles. The number of thiazole rings is 1. The molecule has 1 saturated heterocycles. The van der Waals surface area contributed by atoms with Crippen LogP contribution in [0.25, 0.3) is 4.96 Å². The molecule has 1 aliphatic heterocycles. The van der Waals surface area contributed by atoms with Crippen LogP contribution in [0.15, 0.2) is 30.6 Å². The van der Waals surface area contributed by atoms with E-state index in [-0.39, 0.29) is 17.6 Å². The molecule has 4 rings (SSSR count). The van der Waals surface area contributed by atoms with Crippen LogP contribution >= 0.6 is 11.3 Å². The number of morpholine rings is 1. The van der Waals surface area contributed by atoms with E-state index in [2.05, 4.69) is 15.0 Å². The Morgan fingerprint density at radius 3 is 2.64 bits per heavy atom. The fourth-order valence-electron chi connectivity index (χ4n) is 3.01. The molecule has 0 spiro atoms. The Kier molecular flexibility index (Phi) is 4.07. The number of fused-ring (bicyclic) bond motifs is 1. The first kappa shape index (κ1) is 15.9. The number of nitro benzene ring substituents is 1. The molecule has 0 radical (unpaired) electrons. The molecule has 1 fully saturated rings. The number of ether oxygens (including phenoxy) is 1. The third-order valence-electron chi connectivity index (χ3n) is 4.22. The highest BCUT2D eigenvalue weighted by molar-refractivity contribution is 7.17. The molecule has 1 unspecified atom stereocenters. The fourth-order valence-corrected chi connectivity index (χ4v) is 4.11. The van der Waals surface area contributed by atoms with Crippen molar-refractivity contribution in [2.24, 2.45) is 0 Å². The first-order chi connectivity index (χ1) is 12.1. The summed E-state index contributed by atoms with van der Waals surface area (Å²) in [6, 6.07) is 6.19. The zero-order valence-electron chi connectivity index (χ0n) is 13.1. The maximum absolute atomic E-state index is 10.9. The van der Waals surface area contributed by atoms with Crippen molar-refractivity contribution in [3.05, 3.63) is 51.1 Å². The molecular weight excluding hydrogens is 346 g/mol. The van der Waals surface area contributed by atoms with E-state index in [4.69, 9.17) is 4.74 Å². The van der Waals surface area contributed by atoms with Gasteiger partial charge in [-0.25, -0.2) is 4.98 Å². The number of hydrogen-bond donors (Lipinski definition) is 1. The lowest BCUT2D eigenvalue weighted by Gasteiger charge is -2.34. The van der Waals surface area contributed by atoms with Gasteiger partial charge in [0.1, 0.15) is 6.33 Å². The van der Waals surface area contributed by atoms with Gasteiger partial charge in [-0.2, -0.15) is 9.61 Å².